The van der Waals surface area contributed by atoms with Crippen LogP contribution in [0.5, 0.6) is 11.5 Å². The summed E-state index contributed by atoms with van der Waals surface area (Å²) in [6.45, 7) is 8.26. The van der Waals surface area contributed by atoms with E-state index < -0.39 is 27.0 Å². The van der Waals surface area contributed by atoms with E-state index in [4.69, 9.17) is 4.74 Å². The van der Waals surface area contributed by atoms with Gasteiger partial charge in [0.15, 0.2) is 6.04 Å². The molecule has 11 heteroatoms. The Hall–Kier alpha value is -4.09. The number of unbranched alkanes of at least 4 members (excludes halogenated alkanes) is 14. The summed E-state index contributed by atoms with van der Waals surface area (Å²) in [5, 5.41) is 14.7. The predicted molar refractivity (Wildman–Crippen MR) is 216 cm³/mol. The SMILES string of the molecule is CCCCCCCCCCCCCCCCCC1=NN(c2ccc(Oc3ccccc3)c(S(=O)(=O)O)c2)C(=O)[C@@H]1N=Nc1ccc(N(CC)CC)cc1. The minimum Gasteiger partial charge on any atom is -0.456 e. The maximum atomic E-state index is 13.9. The lowest BCUT2D eigenvalue weighted by molar-refractivity contribution is -0.117. The van der Waals surface area contributed by atoms with Gasteiger partial charge in [-0.3, -0.25) is 9.35 Å². The molecule has 288 valence electrons. The van der Waals surface area contributed by atoms with E-state index in [1.165, 1.54) is 89.2 Å². The number of anilines is 2. The Morgan fingerprint density at radius 1 is 0.755 bits per heavy atom. The maximum absolute atomic E-state index is 13.9. The molecule has 3 aromatic carbocycles. The van der Waals surface area contributed by atoms with Gasteiger partial charge in [0, 0.05) is 18.8 Å². The largest absolute Gasteiger partial charge is 0.456 e. The van der Waals surface area contributed by atoms with Crippen LogP contribution in [0.2, 0.25) is 0 Å². The lowest BCUT2D eigenvalue weighted by Gasteiger charge is -2.20. The first-order valence-electron chi connectivity index (χ1n) is 19.8. The summed E-state index contributed by atoms with van der Waals surface area (Å²) in [5.41, 5.74) is 2.46. The molecule has 0 radical (unpaired) electrons. The van der Waals surface area contributed by atoms with Crippen LogP contribution in [0.4, 0.5) is 17.1 Å². The number of azo groups is 1. The van der Waals surface area contributed by atoms with Gasteiger partial charge in [0.25, 0.3) is 16.0 Å². The second-order valence-corrected chi connectivity index (χ2v) is 15.2. The maximum Gasteiger partial charge on any atom is 0.298 e. The van der Waals surface area contributed by atoms with Gasteiger partial charge in [0.1, 0.15) is 16.4 Å². The van der Waals surface area contributed by atoms with Gasteiger partial charge in [0.2, 0.25) is 0 Å². The molecule has 1 aliphatic rings. The van der Waals surface area contributed by atoms with Crippen LogP contribution < -0.4 is 14.6 Å². The van der Waals surface area contributed by atoms with Gasteiger partial charge >= 0.3 is 0 Å². The number of carbonyl (C=O) groups excluding carboxylic acids is 1. The smallest absolute Gasteiger partial charge is 0.298 e. The zero-order valence-corrected chi connectivity index (χ0v) is 32.8. The number of carbonyl (C=O) groups is 1. The first kappa shape index (κ1) is 41.7. The molecule has 0 saturated heterocycles. The molecule has 53 heavy (non-hydrogen) atoms. The number of para-hydroxylation sites is 1. The Kier molecular flexibility index (Phi) is 17.5. The molecule has 1 amide bonds. The molecular weight excluding hydrogens is 687 g/mol. The molecule has 1 atom stereocenters. The van der Waals surface area contributed by atoms with Crippen molar-refractivity contribution in [1.29, 1.82) is 0 Å². The van der Waals surface area contributed by atoms with Crippen molar-refractivity contribution in [1.82, 2.24) is 0 Å². The summed E-state index contributed by atoms with van der Waals surface area (Å²) in [4.78, 5) is 15.6. The molecule has 0 spiro atoms. The molecule has 0 unspecified atom stereocenters. The molecule has 0 saturated carbocycles. The van der Waals surface area contributed by atoms with Crippen LogP contribution >= 0.6 is 0 Å². The Morgan fingerprint density at radius 3 is 1.87 bits per heavy atom. The summed E-state index contributed by atoms with van der Waals surface area (Å²) in [5.74, 6) is -0.111. The minimum absolute atomic E-state index is 0.0690. The van der Waals surface area contributed by atoms with Crippen LogP contribution in [0.25, 0.3) is 0 Å². The van der Waals surface area contributed by atoms with Gasteiger partial charge < -0.3 is 9.64 Å². The Morgan fingerprint density at radius 2 is 1.32 bits per heavy atom. The Bertz CT molecular complexity index is 1710. The van der Waals surface area contributed by atoms with E-state index in [0.717, 1.165) is 43.0 Å². The molecule has 10 nitrogen and oxygen atoms in total. The first-order chi connectivity index (χ1) is 25.7. The molecule has 1 N–H and O–H groups in total. The van der Waals surface area contributed by atoms with Crippen molar-refractivity contribution in [2.45, 2.75) is 134 Å². The van der Waals surface area contributed by atoms with Gasteiger partial charge in [0.05, 0.1) is 17.1 Å². The minimum atomic E-state index is -4.70. The van der Waals surface area contributed by atoms with E-state index in [1.807, 2.05) is 30.3 Å². The highest BCUT2D eigenvalue weighted by Gasteiger charge is 2.37. The summed E-state index contributed by atoms with van der Waals surface area (Å²) < 4.78 is 40.8. The zero-order chi connectivity index (χ0) is 37.9. The van der Waals surface area contributed by atoms with Crippen molar-refractivity contribution < 1.29 is 22.5 Å². The number of hydrogen-bond acceptors (Lipinski definition) is 8. The van der Waals surface area contributed by atoms with Gasteiger partial charge in [-0.15, -0.1) is 0 Å². The highest BCUT2D eigenvalue weighted by Crippen LogP contribution is 2.35. The average molecular weight is 746 g/mol. The number of benzene rings is 3. The quantitative estimate of drug-likeness (QED) is 0.0523. The molecule has 0 fully saturated rings. The first-order valence-corrected chi connectivity index (χ1v) is 21.2. The van der Waals surface area contributed by atoms with Gasteiger partial charge in [-0.2, -0.15) is 28.8 Å². The number of hydrogen-bond donors (Lipinski definition) is 1. The fourth-order valence-electron chi connectivity index (χ4n) is 6.63. The molecular formula is C42H59N5O5S. The summed E-state index contributed by atoms with van der Waals surface area (Å²) >= 11 is 0. The molecule has 1 heterocycles. The van der Waals surface area contributed by atoms with Crippen LogP contribution in [0, 0.1) is 0 Å². The Balaban J connectivity index is 1.39. The summed E-state index contributed by atoms with van der Waals surface area (Å²) in [6.07, 6.45) is 19.4. The van der Waals surface area contributed by atoms with Crippen molar-refractivity contribution in [3.63, 3.8) is 0 Å². The normalized spacial score (nSPS) is 14.6. The second-order valence-electron chi connectivity index (χ2n) is 13.8. The number of hydrazone groups is 1. The van der Waals surface area contributed by atoms with E-state index in [0.29, 0.717) is 23.6 Å². The fourth-order valence-corrected chi connectivity index (χ4v) is 7.26. The monoisotopic (exact) mass is 745 g/mol. The van der Waals surface area contributed by atoms with Gasteiger partial charge in [-0.05, 0) is 81.3 Å². The zero-order valence-electron chi connectivity index (χ0n) is 32.0. The van der Waals surface area contributed by atoms with Crippen molar-refractivity contribution in [2.24, 2.45) is 15.3 Å². The van der Waals surface area contributed by atoms with Crippen LogP contribution in [-0.2, 0) is 14.9 Å². The molecule has 1 aliphatic heterocycles. The lowest BCUT2D eigenvalue weighted by Crippen LogP contribution is -2.30. The highest BCUT2D eigenvalue weighted by atomic mass is 32.2. The van der Waals surface area contributed by atoms with Crippen LogP contribution in [0.1, 0.15) is 124 Å². The van der Waals surface area contributed by atoms with Crippen LogP contribution in [0.3, 0.4) is 0 Å². The third-order valence-corrected chi connectivity index (χ3v) is 10.6. The van der Waals surface area contributed by atoms with Crippen LogP contribution in [0.15, 0.2) is 93.0 Å². The second kappa shape index (κ2) is 22.2. The van der Waals surface area contributed by atoms with Crippen molar-refractivity contribution in [2.75, 3.05) is 23.0 Å². The summed E-state index contributed by atoms with van der Waals surface area (Å²) in [7, 11) is -4.70. The predicted octanol–water partition coefficient (Wildman–Crippen LogP) is 11.7. The van der Waals surface area contributed by atoms with E-state index in [1.54, 1.807) is 30.3 Å². The standard InChI is InChI=1S/C42H59N5O5S/c1-4-7-8-9-10-11-12-13-14-15-16-17-18-19-23-26-38-41(44-43-34-27-29-35(30-28-34)46(5-2)6-3)42(48)47(45-38)36-31-32-39(40(33-36)53(49,50)51)52-37-24-21-20-22-25-37/h20-22,24-25,27-33,41H,4-19,23,26H2,1-3H3,(H,49,50,51)/t41-/m1/s1. The number of ether oxygens (including phenoxy) is 1. The summed E-state index contributed by atoms with van der Waals surface area (Å²) in [6, 6.07) is 19.6. The van der Waals surface area contributed by atoms with Crippen molar-refractivity contribution in [3.8, 4) is 11.5 Å². The third kappa shape index (κ3) is 13.4. The molecule has 0 bridgehead atoms. The molecule has 3 aromatic rings. The molecule has 0 aromatic heterocycles. The van der Waals surface area contributed by atoms with Gasteiger partial charge in [-0.1, -0.05) is 115 Å². The average Bonchev–Trinajstić information content (AvgIpc) is 3.47. The molecule has 4 rings (SSSR count). The molecule has 0 aliphatic carbocycles. The van der Waals surface area contributed by atoms with Crippen molar-refractivity contribution >= 4 is 38.8 Å². The number of rotatable bonds is 25. The van der Waals surface area contributed by atoms with Gasteiger partial charge in [-0.25, -0.2) is 0 Å². The third-order valence-electron chi connectivity index (χ3n) is 9.71. The fraction of sp³-hybridized carbons (Fsp3) is 0.524. The topological polar surface area (TPSA) is 124 Å². The van der Waals surface area contributed by atoms with E-state index in [2.05, 4.69) is 41.0 Å². The van der Waals surface area contributed by atoms with Crippen molar-refractivity contribution in [3.05, 3.63) is 72.8 Å². The number of amides is 1. The van der Waals surface area contributed by atoms with E-state index in [-0.39, 0.29) is 11.4 Å². The van der Waals surface area contributed by atoms with E-state index in [9.17, 15) is 17.8 Å². The van der Waals surface area contributed by atoms with E-state index >= 15 is 0 Å². The highest BCUT2D eigenvalue weighted by molar-refractivity contribution is 7.86. The lowest BCUT2D eigenvalue weighted by atomic mass is 10.0. The number of nitrogens with zero attached hydrogens (tertiary/aromatic N) is 5. The van der Waals surface area contributed by atoms with Crippen LogP contribution in [-0.4, -0.2) is 43.7 Å². The Labute approximate surface area is 317 Å².